The zero-order chi connectivity index (χ0) is 19.7. The summed E-state index contributed by atoms with van der Waals surface area (Å²) in [5.41, 5.74) is 2.60. The van der Waals surface area contributed by atoms with E-state index < -0.39 is 11.7 Å². The van der Waals surface area contributed by atoms with Crippen molar-refractivity contribution in [2.24, 2.45) is 0 Å². The summed E-state index contributed by atoms with van der Waals surface area (Å²) >= 11 is 0. The van der Waals surface area contributed by atoms with Crippen LogP contribution in [0.1, 0.15) is 40.4 Å². The van der Waals surface area contributed by atoms with Gasteiger partial charge in [0.1, 0.15) is 17.2 Å². The predicted molar refractivity (Wildman–Crippen MR) is 104 cm³/mol. The van der Waals surface area contributed by atoms with Crippen molar-refractivity contribution < 1.29 is 18.7 Å². The van der Waals surface area contributed by atoms with Gasteiger partial charge in [0, 0.05) is 37.6 Å². The van der Waals surface area contributed by atoms with Crippen LogP contribution in [-0.2, 0) is 4.74 Å². The van der Waals surface area contributed by atoms with E-state index in [4.69, 9.17) is 14.5 Å². The lowest BCUT2D eigenvalue weighted by Crippen LogP contribution is -2.15. The number of carbonyl (C=O) groups excluding carboxylic acids is 1. The molecule has 3 heterocycles. The average Bonchev–Trinajstić information content (AvgIpc) is 3.14. The highest BCUT2D eigenvalue weighted by atomic mass is 19.1. The number of hydrogen-bond donors (Lipinski definition) is 1. The maximum absolute atomic E-state index is 14.3. The molecular formula is C21H22FN3O3. The zero-order valence-electron chi connectivity index (χ0n) is 15.9. The van der Waals surface area contributed by atoms with Gasteiger partial charge in [0.05, 0.1) is 24.1 Å². The standard InChI is InChI=1S/C21H22FN3O3/c1-13-4-3-5-16(20(13)22)24-21(26)15-11-25-12-17(14-6-8-28-9-7-14)23-19(25)10-18(15)27-2/h3-5,10-12,14H,6-9H2,1-2H3,(H,24,26). The van der Waals surface area contributed by atoms with Crippen LogP contribution in [0.25, 0.3) is 5.65 Å². The second kappa shape index (κ2) is 7.59. The Morgan fingerprint density at radius 3 is 2.86 bits per heavy atom. The number of fused-ring (bicyclic) bond motifs is 1. The second-order valence-electron chi connectivity index (χ2n) is 6.96. The molecule has 1 N–H and O–H groups in total. The van der Waals surface area contributed by atoms with E-state index in [1.54, 1.807) is 31.3 Å². The maximum Gasteiger partial charge on any atom is 0.261 e. The zero-order valence-corrected chi connectivity index (χ0v) is 15.9. The Morgan fingerprint density at radius 1 is 1.32 bits per heavy atom. The number of benzene rings is 1. The van der Waals surface area contributed by atoms with E-state index in [1.807, 2.05) is 10.6 Å². The van der Waals surface area contributed by atoms with Crippen molar-refractivity contribution in [3.8, 4) is 5.75 Å². The van der Waals surface area contributed by atoms with E-state index in [-0.39, 0.29) is 5.69 Å². The molecule has 7 heteroatoms. The first-order chi connectivity index (χ1) is 13.6. The number of nitrogens with one attached hydrogen (secondary N) is 1. The molecule has 146 valence electrons. The number of ether oxygens (including phenoxy) is 2. The van der Waals surface area contributed by atoms with E-state index in [0.29, 0.717) is 28.4 Å². The summed E-state index contributed by atoms with van der Waals surface area (Å²) in [6.45, 7) is 3.12. The molecule has 1 aliphatic heterocycles. The van der Waals surface area contributed by atoms with Crippen LogP contribution in [0.3, 0.4) is 0 Å². The van der Waals surface area contributed by atoms with Crippen molar-refractivity contribution >= 4 is 17.2 Å². The summed E-state index contributed by atoms with van der Waals surface area (Å²) < 4.78 is 26.9. The summed E-state index contributed by atoms with van der Waals surface area (Å²) in [5.74, 6) is -0.148. The molecule has 0 aliphatic carbocycles. The molecule has 0 saturated carbocycles. The van der Waals surface area contributed by atoms with Crippen molar-refractivity contribution in [1.29, 1.82) is 0 Å². The number of anilines is 1. The van der Waals surface area contributed by atoms with Crippen LogP contribution in [0.15, 0.2) is 36.7 Å². The molecule has 0 atom stereocenters. The molecule has 4 rings (SSSR count). The quantitative estimate of drug-likeness (QED) is 0.741. The molecule has 0 unspecified atom stereocenters. The predicted octanol–water partition coefficient (Wildman–Crippen LogP) is 3.94. The van der Waals surface area contributed by atoms with Crippen LogP contribution in [0, 0.1) is 12.7 Å². The van der Waals surface area contributed by atoms with Crippen LogP contribution in [-0.4, -0.2) is 35.6 Å². The Balaban J connectivity index is 1.67. The number of amides is 1. The molecule has 0 spiro atoms. The minimum absolute atomic E-state index is 0.140. The summed E-state index contributed by atoms with van der Waals surface area (Å²) in [4.78, 5) is 17.5. The molecule has 0 bridgehead atoms. The van der Waals surface area contributed by atoms with Crippen LogP contribution in [0.5, 0.6) is 5.75 Å². The summed E-state index contributed by atoms with van der Waals surface area (Å²) in [7, 11) is 1.50. The van der Waals surface area contributed by atoms with E-state index >= 15 is 0 Å². The van der Waals surface area contributed by atoms with Gasteiger partial charge in [0.15, 0.2) is 0 Å². The number of pyridine rings is 1. The Morgan fingerprint density at radius 2 is 2.11 bits per heavy atom. The number of rotatable bonds is 4. The number of hydrogen-bond acceptors (Lipinski definition) is 4. The fraction of sp³-hybridized carbons (Fsp3) is 0.333. The van der Waals surface area contributed by atoms with Gasteiger partial charge in [-0.2, -0.15) is 0 Å². The van der Waals surface area contributed by atoms with Gasteiger partial charge in [-0.1, -0.05) is 12.1 Å². The molecule has 1 saturated heterocycles. The molecule has 1 aromatic carbocycles. The molecule has 2 aromatic heterocycles. The van der Waals surface area contributed by atoms with E-state index in [0.717, 1.165) is 31.7 Å². The number of halogens is 1. The first-order valence-electron chi connectivity index (χ1n) is 9.27. The van der Waals surface area contributed by atoms with Gasteiger partial charge in [-0.15, -0.1) is 0 Å². The van der Waals surface area contributed by atoms with Crippen molar-refractivity contribution in [3.05, 3.63) is 59.3 Å². The van der Waals surface area contributed by atoms with Crippen molar-refractivity contribution in [2.45, 2.75) is 25.7 Å². The second-order valence-corrected chi connectivity index (χ2v) is 6.96. The van der Waals surface area contributed by atoms with Gasteiger partial charge < -0.3 is 19.2 Å². The number of imidazole rings is 1. The molecule has 0 radical (unpaired) electrons. The normalized spacial score (nSPS) is 15.0. The average molecular weight is 383 g/mol. The third-order valence-electron chi connectivity index (χ3n) is 5.12. The van der Waals surface area contributed by atoms with Gasteiger partial charge in [-0.05, 0) is 31.4 Å². The van der Waals surface area contributed by atoms with Crippen LogP contribution in [0.2, 0.25) is 0 Å². The minimum atomic E-state index is -0.444. The summed E-state index contributed by atoms with van der Waals surface area (Å²) in [5, 5.41) is 2.63. The molecule has 28 heavy (non-hydrogen) atoms. The van der Waals surface area contributed by atoms with Crippen molar-refractivity contribution in [1.82, 2.24) is 9.38 Å². The Labute approximate surface area is 162 Å². The summed E-state index contributed by atoms with van der Waals surface area (Å²) in [6, 6.07) is 6.61. The highest BCUT2D eigenvalue weighted by molar-refractivity contribution is 6.06. The largest absolute Gasteiger partial charge is 0.496 e. The topological polar surface area (TPSA) is 64.9 Å². The molecule has 1 fully saturated rings. The smallest absolute Gasteiger partial charge is 0.261 e. The Hall–Kier alpha value is -2.93. The lowest BCUT2D eigenvalue weighted by Gasteiger charge is -2.19. The molecule has 1 amide bonds. The Kier molecular flexibility index (Phi) is 5.00. The van der Waals surface area contributed by atoms with Gasteiger partial charge in [0.2, 0.25) is 0 Å². The van der Waals surface area contributed by atoms with Crippen molar-refractivity contribution in [3.63, 3.8) is 0 Å². The first-order valence-corrected chi connectivity index (χ1v) is 9.27. The monoisotopic (exact) mass is 383 g/mol. The van der Waals surface area contributed by atoms with Crippen molar-refractivity contribution in [2.75, 3.05) is 25.6 Å². The van der Waals surface area contributed by atoms with E-state index in [9.17, 15) is 9.18 Å². The number of aromatic nitrogens is 2. The lowest BCUT2D eigenvalue weighted by molar-refractivity contribution is 0.0846. The lowest BCUT2D eigenvalue weighted by atomic mass is 9.97. The SMILES string of the molecule is COc1cc2nc(C3CCOCC3)cn2cc1C(=O)Nc1cccc(C)c1F. The fourth-order valence-corrected chi connectivity index (χ4v) is 3.50. The van der Waals surface area contributed by atoms with Crippen LogP contribution < -0.4 is 10.1 Å². The van der Waals surface area contributed by atoms with E-state index in [2.05, 4.69) is 5.32 Å². The summed E-state index contributed by atoms with van der Waals surface area (Å²) in [6.07, 6.45) is 5.48. The molecular weight excluding hydrogens is 361 g/mol. The van der Waals surface area contributed by atoms with E-state index in [1.165, 1.54) is 13.2 Å². The minimum Gasteiger partial charge on any atom is -0.496 e. The van der Waals surface area contributed by atoms with Gasteiger partial charge >= 0.3 is 0 Å². The van der Waals surface area contributed by atoms with Crippen LogP contribution in [0.4, 0.5) is 10.1 Å². The molecule has 6 nitrogen and oxygen atoms in total. The maximum atomic E-state index is 14.3. The molecule has 3 aromatic rings. The Bertz CT molecular complexity index is 1030. The van der Waals surface area contributed by atoms with Gasteiger partial charge in [-0.3, -0.25) is 4.79 Å². The first kappa shape index (κ1) is 18.4. The fourth-order valence-electron chi connectivity index (χ4n) is 3.50. The number of nitrogens with zero attached hydrogens (tertiary/aromatic N) is 2. The number of aryl methyl sites for hydroxylation is 1. The number of methoxy groups -OCH3 is 1. The van der Waals surface area contributed by atoms with Crippen LogP contribution >= 0.6 is 0 Å². The van der Waals surface area contributed by atoms with Gasteiger partial charge in [-0.25, -0.2) is 9.37 Å². The third kappa shape index (κ3) is 3.45. The highest BCUT2D eigenvalue weighted by Gasteiger charge is 2.21. The molecule has 1 aliphatic rings. The van der Waals surface area contributed by atoms with Gasteiger partial charge in [0.25, 0.3) is 5.91 Å². The number of carbonyl (C=O) groups is 1. The highest BCUT2D eigenvalue weighted by Crippen LogP contribution is 2.29. The third-order valence-corrected chi connectivity index (χ3v) is 5.12.